The van der Waals surface area contributed by atoms with Gasteiger partial charge in [0, 0.05) is 48.1 Å². The Balaban J connectivity index is 1.45. The van der Waals surface area contributed by atoms with Crippen LogP contribution in [0.25, 0.3) is 32.5 Å². The lowest BCUT2D eigenvalue weighted by Gasteiger charge is -2.34. The number of nitrogens with zero attached hydrogens (tertiary/aromatic N) is 4. The highest BCUT2D eigenvalue weighted by Gasteiger charge is 2.45. The summed E-state index contributed by atoms with van der Waals surface area (Å²) in [5.41, 5.74) is 3.43. The van der Waals surface area contributed by atoms with Crippen molar-refractivity contribution in [2.75, 3.05) is 0 Å². The standard InChI is InChI=1S/C19H16F2N4S/c1-25-10-13-5-12(9-22-18(13)24-25)15-2-3-17-16(23-15)6-14(26-17)4-11-7-19(20,21)8-11/h2-3,5-6,9-11H,4,7-8H2,1H3. The number of alkyl halides is 2. The number of hydrogen-bond acceptors (Lipinski definition) is 4. The van der Waals surface area contributed by atoms with Crippen LogP contribution in [0.15, 0.2) is 36.7 Å². The van der Waals surface area contributed by atoms with E-state index in [1.807, 2.05) is 31.4 Å². The molecule has 132 valence electrons. The zero-order chi connectivity index (χ0) is 17.9. The van der Waals surface area contributed by atoms with Crippen molar-refractivity contribution in [1.82, 2.24) is 19.7 Å². The molecule has 0 amide bonds. The number of thiophene rings is 1. The lowest BCUT2D eigenvalue weighted by molar-refractivity contribution is -0.109. The number of halogens is 2. The molecule has 7 heteroatoms. The maximum Gasteiger partial charge on any atom is 0.248 e. The first-order valence-electron chi connectivity index (χ1n) is 8.52. The van der Waals surface area contributed by atoms with Crippen LogP contribution < -0.4 is 0 Å². The Bertz CT molecular complexity index is 1120. The van der Waals surface area contributed by atoms with E-state index in [0.29, 0.717) is 5.65 Å². The van der Waals surface area contributed by atoms with Crippen molar-refractivity contribution in [3.63, 3.8) is 0 Å². The molecule has 1 fully saturated rings. The summed E-state index contributed by atoms with van der Waals surface area (Å²) in [6, 6.07) is 8.11. The van der Waals surface area contributed by atoms with E-state index in [-0.39, 0.29) is 18.8 Å². The fourth-order valence-electron chi connectivity index (χ4n) is 3.62. The Labute approximate surface area is 152 Å². The Morgan fingerprint density at radius 3 is 2.92 bits per heavy atom. The van der Waals surface area contributed by atoms with E-state index in [2.05, 4.69) is 16.1 Å². The summed E-state index contributed by atoms with van der Waals surface area (Å²) in [6.45, 7) is 0. The SMILES string of the molecule is Cn1cc2cc(-c3ccc4sc(CC5CC(F)(F)C5)cc4n3)cnc2n1. The molecule has 4 heterocycles. The second-order valence-corrected chi connectivity index (χ2v) is 8.23. The topological polar surface area (TPSA) is 43.6 Å². The van der Waals surface area contributed by atoms with Crippen LogP contribution in [0.2, 0.25) is 0 Å². The first-order valence-corrected chi connectivity index (χ1v) is 9.34. The number of pyridine rings is 2. The number of hydrogen-bond donors (Lipinski definition) is 0. The minimum Gasteiger partial charge on any atom is -0.273 e. The molecule has 0 aromatic carbocycles. The molecule has 26 heavy (non-hydrogen) atoms. The van der Waals surface area contributed by atoms with Crippen molar-refractivity contribution in [2.45, 2.75) is 25.2 Å². The molecule has 1 aliphatic carbocycles. The van der Waals surface area contributed by atoms with Gasteiger partial charge < -0.3 is 0 Å². The van der Waals surface area contributed by atoms with Crippen LogP contribution >= 0.6 is 11.3 Å². The zero-order valence-electron chi connectivity index (χ0n) is 14.1. The molecule has 0 unspecified atom stereocenters. The summed E-state index contributed by atoms with van der Waals surface area (Å²) in [6.07, 6.45) is 4.46. The molecular formula is C19H16F2N4S. The maximum atomic E-state index is 13.0. The van der Waals surface area contributed by atoms with Gasteiger partial charge in [0.1, 0.15) is 0 Å². The molecule has 0 bridgehead atoms. The van der Waals surface area contributed by atoms with Crippen LogP contribution in [0, 0.1) is 5.92 Å². The van der Waals surface area contributed by atoms with E-state index in [9.17, 15) is 8.78 Å². The predicted molar refractivity (Wildman–Crippen MR) is 98.5 cm³/mol. The third-order valence-electron chi connectivity index (χ3n) is 4.86. The largest absolute Gasteiger partial charge is 0.273 e. The monoisotopic (exact) mass is 370 g/mol. The third-order valence-corrected chi connectivity index (χ3v) is 5.97. The van der Waals surface area contributed by atoms with Gasteiger partial charge in [-0.1, -0.05) is 0 Å². The van der Waals surface area contributed by atoms with Gasteiger partial charge in [-0.2, -0.15) is 5.10 Å². The van der Waals surface area contributed by atoms with Gasteiger partial charge in [-0.3, -0.25) is 4.68 Å². The van der Waals surface area contributed by atoms with Crippen LogP contribution in [0.1, 0.15) is 17.7 Å². The van der Waals surface area contributed by atoms with E-state index in [4.69, 9.17) is 4.98 Å². The maximum absolute atomic E-state index is 13.0. The van der Waals surface area contributed by atoms with Crippen LogP contribution in [0.5, 0.6) is 0 Å². The number of fused-ring (bicyclic) bond motifs is 2. The molecule has 4 nitrogen and oxygen atoms in total. The van der Waals surface area contributed by atoms with Crippen molar-refractivity contribution in [3.05, 3.63) is 41.5 Å². The fraction of sp³-hybridized carbons (Fsp3) is 0.316. The smallest absolute Gasteiger partial charge is 0.248 e. The summed E-state index contributed by atoms with van der Waals surface area (Å²) in [7, 11) is 1.87. The quantitative estimate of drug-likeness (QED) is 0.519. The number of rotatable bonds is 3. The zero-order valence-corrected chi connectivity index (χ0v) is 14.9. The van der Waals surface area contributed by atoms with Gasteiger partial charge in [0.15, 0.2) is 5.65 Å². The van der Waals surface area contributed by atoms with Gasteiger partial charge in [-0.15, -0.1) is 11.3 Å². The normalized spacial score (nSPS) is 17.0. The van der Waals surface area contributed by atoms with Gasteiger partial charge in [-0.25, -0.2) is 18.7 Å². The average molecular weight is 370 g/mol. The fourth-order valence-corrected chi connectivity index (χ4v) is 4.74. The molecule has 4 aromatic rings. The molecule has 0 radical (unpaired) electrons. The Kier molecular flexibility index (Phi) is 3.37. The van der Waals surface area contributed by atoms with Crippen molar-refractivity contribution in [1.29, 1.82) is 0 Å². The van der Waals surface area contributed by atoms with Crippen LogP contribution in [0.4, 0.5) is 8.78 Å². The summed E-state index contributed by atoms with van der Waals surface area (Å²) < 4.78 is 28.9. The van der Waals surface area contributed by atoms with Gasteiger partial charge in [0.05, 0.1) is 15.9 Å². The lowest BCUT2D eigenvalue weighted by Crippen LogP contribution is -2.36. The molecular weight excluding hydrogens is 354 g/mol. The summed E-state index contributed by atoms with van der Waals surface area (Å²) >= 11 is 1.65. The minimum absolute atomic E-state index is 0.0106. The first-order chi connectivity index (χ1) is 12.4. The molecule has 0 saturated heterocycles. The molecule has 4 aromatic heterocycles. The van der Waals surface area contributed by atoms with Gasteiger partial charge in [-0.05, 0) is 36.6 Å². The summed E-state index contributed by atoms with van der Waals surface area (Å²) in [5, 5.41) is 5.26. The summed E-state index contributed by atoms with van der Waals surface area (Å²) in [5.74, 6) is -2.36. The van der Waals surface area contributed by atoms with Gasteiger partial charge >= 0.3 is 0 Å². The first kappa shape index (κ1) is 15.8. The molecule has 1 saturated carbocycles. The molecule has 0 aliphatic heterocycles. The second-order valence-electron chi connectivity index (χ2n) is 7.07. The van der Waals surface area contributed by atoms with Gasteiger partial charge in [0.25, 0.3) is 0 Å². The van der Waals surface area contributed by atoms with Crippen molar-refractivity contribution < 1.29 is 8.78 Å². The Hall–Kier alpha value is -2.41. The molecule has 0 atom stereocenters. The van der Waals surface area contributed by atoms with Crippen LogP contribution in [-0.2, 0) is 13.5 Å². The van der Waals surface area contributed by atoms with Crippen molar-refractivity contribution in [3.8, 4) is 11.3 Å². The van der Waals surface area contributed by atoms with Crippen molar-refractivity contribution >= 4 is 32.6 Å². The molecule has 0 N–H and O–H groups in total. The molecule has 1 aliphatic rings. The van der Waals surface area contributed by atoms with E-state index in [0.717, 1.165) is 38.2 Å². The predicted octanol–water partition coefficient (Wildman–Crippen LogP) is 4.83. The van der Waals surface area contributed by atoms with Gasteiger partial charge in [0.2, 0.25) is 5.92 Å². The van der Waals surface area contributed by atoms with E-state index < -0.39 is 5.92 Å². The summed E-state index contributed by atoms with van der Waals surface area (Å²) in [4.78, 5) is 10.3. The third kappa shape index (κ3) is 2.76. The Morgan fingerprint density at radius 1 is 1.27 bits per heavy atom. The second kappa shape index (κ2) is 5.54. The Morgan fingerprint density at radius 2 is 2.12 bits per heavy atom. The van der Waals surface area contributed by atoms with E-state index in [1.54, 1.807) is 22.2 Å². The highest BCUT2D eigenvalue weighted by molar-refractivity contribution is 7.19. The molecule has 0 spiro atoms. The number of aromatic nitrogens is 4. The van der Waals surface area contributed by atoms with Crippen LogP contribution in [-0.4, -0.2) is 25.7 Å². The highest BCUT2D eigenvalue weighted by Crippen LogP contribution is 2.44. The van der Waals surface area contributed by atoms with E-state index in [1.165, 1.54) is 0 Å². The van der Waals surface area contributed by atoms with Crippen LogP contribution in [0.3, 0.4) is 0 Å². The molecule has 5 rings (SSSR count). The number of aryl methyl sites for hydroxylation is 1. The minimum atomic E-state index is -2.45. The van der Waals surface area contributed by atoms with E-state index >= 15 is 0 Å². The lowest BCUT2D eigenvalue weighted by atomic mass is 9.79. The highest BCUT2D eigenvalue weighted by atomic mass is 32.1. The average Bonchev–Trinajstić information content (AvgIpc) is 3.12. The van der Waals surface area contributed by atoms with Crippen molar-refractivity contribution in [2.24, 2.45) is 13.0 Å².